The average molecular weight is 200 g/mol. The fraction of sp³-hybridized carbons (Fsp3) is 0.909. The quantitative estimate of drug-likeness (QED) is 0.715. The maximum absolute atomic E-state index is 10.9. The molecule has 0 radical (unpaired) electrons. The van der Waals surface area contributed by atoms with Crippen molar-refractivity contribution in [2.45, 2.75) is 52.2 Å². The second kappa shape index (κ2) is 4.78. The molecule has 0 aromatic carbocycles. The van der Waals surface area contributed by atoms with E-state index >= 15 is 0 Å². The van der Waals surface area contributed by atoms with Crippen molar-refractivity contribution >= 4 is 5.97 Å². The Morgan fingerprint density at radius 1 is 1.43 bits per heavy atom. The minimum Gasteiger partial charge on any atom is -0.479 e. The van der Waals surface area contributed by atoms with Crippen molar-refractivity contribution in [2.24, 2.45) is 11.8 Å². The Balaban J connectivity index is 2.34. The normalized spacial score (nSPS) is 20.9. The molecule has 0 saturated heterocycles. The van der Waals surface area contributed by atoms with Gasteiger partial charge in [0.25, 0.3) is 0 Å². The third kappa shape index (κ3) is 3.66. The molecule has 0 aromatic heterocycles. The Labute approximate surface area is 85.5 Å². The fourth-order valence-corrected chi connectivity index (χ4v) is 1.74. The average Bonchev–Trinajstić information content (AvgIpc) is 2.80. The second-order valence-corrected chi connectivity index (χ2v) is 4.67. The molecular formula is C11H20O3. The van der Waals surface area contributed by atoms with Crippen molar-refractivity contribution in [3.05, 3.63) is 0 Å². The van der Waals surface area contributed by atoms with Gasteiger partial charge in [0.05, 0.1) is 6.10 Å². The van der Waals surface area contributed by atoms with Crippen LogP contribution in [0.15, 0.2) is 0 Å². The maximum atomic E-state index is 10.9. The molecule has 1 rings (SSSR count). The van der Waals surface area contributed by atoms with Crippen LogP contribution in [0.3, 0.4) is 0 Å². The number of carbonyl (C=O) groups is 1. The van der Waals surface area contributed by atoms with Crippen LogP contribution in [0.4, 0.5) is 0 Å². The van der Waals surface area contributed by atoms with E-state index in [4.69, 9.17) is 9.84 Å². The standard InChI is InChI=1S/C11H20O3/c1-7(2)6-8(3)14-10(11(12)13)9-4-5-9/h7-10H,4-6H2,1-3H3,(H,12,13). The molecular weight excluding hydrogens is 180 g/mol. The van der Waals surface area contributed by atoms with Gasteiger partial charge in [-0.3, -0.25) is 0 Å². The molecule has 1 fully saturated rings. The first kappa shape index (κ1) is 11.5. The van der Waals surface area contributed by atoms with Gasteiger partial charge in [0.1, 0.15) is 0 Å². The van der Waals surface area contributed by atoms with Crippen LogP contribution in [0.2, 0.25) is 0 Å². The van der Waals surface area contributed by atoms with Crippen LogP contribution in [0, 0.1) is 11.8 Å². The van der Waals surface area contributed by atoms with Gasteiger partial charge in [-0.25, -0.2) is 4.79 Å². The maximum Gasteiger partial charge on any atom is 0.333 e. The molecule has 82 valence electrons. The van der Waals surface area contributed by atoms with Crippen molar-refractivity contribution in [1.82, 2.24) is 0 Å². The summed E-state index contributed by atoms with van der Waals surface area (Å²) >= 11 is 0. The highest BCUT2D eigenvalue weighted by Crippen LogP contribution is 2.35. The number of rotatable bonds is 6. The van der Waals surface area contributed by atoms with Gasteiger partial charge >= 0.3 is 5.97 Å². The van der Waals surface area contributed by atoms with Gasteiger partial charge in [-0.15, -0.1) is 0 Å². The summed E-state index contributed by atoms with van der Waals surface area (Å²) < 4.78 is 5.55. The van der Waals surface area contributed by atoms with Crippen molar-refractivity contribution in [2.75, 3.05) is 0 Å². The fourth-order valence-electron chi connectivity index (χ4n) is 1.74. The third-order valence-corrected chi connectivity index (χ3v) is 2.48. The lowest BCUT2D eigenvalue weighted by Crippen LogP contribution is -2.30. The van der Waals surface area contributed by atoms with E-state index in [1.807, 2.05) is 6.92 Å². The molecule has 1 N–H and O–H groups in total. The lowest BCUT2D eigenvalue weighted by Gasteiger charge is -2.20. The number of aliphatic carboxylic acids is 1. The van der Waals surface area contributed by atoms with E-state index in [1.165, 1.54) is 0 Å². The Morgan fingerprint density at radius 2 is 2.00 bits per heavy atom. The smallest absolute Gasteiger partial charge is 0.333 e. The molecule has 3 nitrogen and oxygen atoms in total. The SMILES string of the molecule is CC(C)CC(C)OC(C(=O)O)C1CC1. The highest BCUT2D eigenvalue weighted by molar-refractivity contribution is 5.73. The number of carboxylic acids is 1. The molecule has 3 heteroatoms. The summed E-state index contributed by atoms with van der Waals surface area (Å²) in [5.74, 6) is 0.0175. The summed E-state index contributed by atoms with van der Waals surface area (Å²) in [7, 11) is 0. The molecule has 0 aromatic rings. The number of hydrogen-bond acceptors (Lipinski definition) is 2. The van der Waals surface area contributed by atoms with Crippen molar-refractivity contribution in [3.8, 4) is 0 Å². The summed E-state index contributed by atoms with van der Waals surface area (Å²) in [6.07, 6.45) is 2.42. The van der Waals surface area contributed by atoms with Crippen molar-refractivity contribution in [1.29, 1.82) is 0 Å². The molecule has 0 aliphatic heterocycles. The van der Waals surface area contributed by atoms with Gasteiger partial charge in [0.2, 0.25) is 0 Å². The van der Waals surface area contributed by atoms with Gasteiger partial charge in [-0.05, 0) is 38.0 Å². The van der Waals surface area contributed by atoms with Crippen LogP contribution < -0.4 is 0 Å². The lowest BCUT2D eigenvalue weighted by atomic mass is 10.1. The zero-order valence-corrected chi connectivity index (χ0v) is 9.19. The summed E-state index contributed by atoms with van der Waals surface area (Å²) in [5.41, 5.74) is 0. The number of hydrogen-bond donors (Lipinski definition) is 1. The van der Waals surface area contributed by atoms with Crippen LogP contribution in [0.25, 0.3) is 0 Å². The second-order valence-electron chi connectivity index (χ2n) is 4.67. The van der Waals surface area contributed by atoms with E-state index in [-0.39, 0.29) is 12.0 Å². The largest absolute Gasteiger partial charge is 0.479 e. The Kier molecular flexibility index (Phi) is 3.93. The van der Waals surface area contributed by atoms with Gasteiger partial charge in [0, 0.05) is 0 Å². The molecule has 0 bridgehead atoms. The summed E-state index contributed by atoms with van der Waals surface area (Å²) in [5, 5.41) is 8.94. The summed E-state index contributed by atoms with van der Waals surface area (Å²) in [6.45, 7) is 6.19. The van der Waals surface area contributed by atoms with E-state index in [2.05, 4.69) is 13.8 Å². The minimum absolute atomic E-state index is 0.0525. The lowest BCUT2D eigenvalue weighted by molar-refractivity contribution is -0.156. The highest BCUT2D eigenvalue weighted by atomic mass is 16.5. The molecule has 1 aliphatic carbocycles. The van der Waals surface area contributed by atoms with Gasteiger partial charge < -0.3 is 9.84 Å². The van der Waals surface area contributed by atoms with Gasteiger partial charge in [0.15, 0.2) is 6.10 Å². The Hall–Kier alpha value is -0.570. The molecule has 2 atom stereocenters. The van der Waals surface area contributed by atoms with Crippen LogP contribution in [0.1, 0.15) is 40.0 Å². The Morgan fingerprint density at radius 3 is 2.36 bits per heavy atom. The molecule has 1 saturated carbocycles. The van der Waals surface area contributed by atoms with Crippen LogP contribution in [-0.2, 0) is 9.53 Å². The Bertz CT molecular complexity index is 197. The number of carboxylic acid groups (broad SMARTS) is 1. The zero-order valence-electron chi connectivity index (χ0n) is 9.19. The van der Waals surface area contributed by atoms with E-state index in [0.717, 1.165) is 19.3 Å². The highest BCUT2D eigenvalue weighted by Gasteiger charge is 2.38. The topological polar surface area (TPSA) is 46.5 Å². The van der Waals surface area contributed by atoms with Crippen LogP contribution >= 0.6 is 0 Å². The molecule has 0 spiro atoms. The van der Waals surface area contributed by atoms with Crippen LogP contribution in [-0.4, -0.2) is 23.3 Å². The first-order valence-corrected chi connectivity index (χ1v) is 5.39. The van der Waals surface area contributed by atoms with Crippen LogP contribution in [0.5, 0.6) is 0 Å². The summed E-state index contributed by atoms with van der Waals surface area (Å²) in [4.78, 5) is 10.9. The monoisotopic (exact) mass is 200 g/mol. The molecule has 2 unspecified atom stereocenters. The summed E-state index contributed by atoms with van der Waals surface area (Å²) in [6, 6.07) is 0. The van der Waals surface area contributed by atoms with Crippen molar-refractivity contribution < 1.29 is 14.6 Å². The predicted octanol–water partition coefficient (Wildman–Crippen LogP) is 2.30. The van der Waals surface area contributed by atoms with E-state index < -0.39 is 12.1 Å². The zero-order chi connectivity index (χ0) is 10.7. The third-order valence-electron chi connectivity index (χ3n) is 2.48. The van der Waals surface area contributed by atoms with Crippen molar-refractivity contribution in [3.63, 3.8) is 0 Å². The van der Waals surface area contributed by atoms with Gasteiger partial charge in [-0.1, -0.05) is 13.8 Å². The minimum atomic E-state index is -0.803. The number of ether oxygens (including phenoxy) is 1. The molecule has 1 aliphatic rings. The van der Waals surface area contributed by atoms with Gasteiger partial charge in [-0.2, -0.15) is 0 Å². The molecule has 0 heterocycles. The first-order chi connectivity index (χ1) is 6.50. The van der Waals surface area contributed by atoms with E-state index in [1.54, 1.807) is 0 Å². The van der Waals surface area contributed by atoms with E-state index in [0.29, 0.717) is 5.92 Å². The van der Waals surface area contributed by atoms with E-state index in [9.17, 15) is 4.79 Å². The molecule has 0 amide bonds. The molecule has 14 heavy (non-hydrogen) atoms. The predicted molar refractivity (Wildman–Crippen MR) is 54.1 cm³/mol. The first-order valence-electron chi connectivity index (χ1n) is 5.39.